The van der Waals surface area contributed by atoms with Crippen molar-refractivity contribution in [1.29, 1.82) is 0 Å². The quantitative estimate of drug-likeness (QED) is 0.647. The van der Waals surface area contributed by atoms with E-state index >= 15 is 0 Å². The fourth-order valence-corrected chi connectivity index (χ4v) is 4.22. The number of fused-ring (bicyclic) bond motifs is 1. The standard InChI is InChI=1S/C24H24FN3O2/c1-14-9-19-21(12-24(2,3)13-22(19)29)28(14)17-7-8-18(23(26)30)20(11-17)27-16-6-4-5-15(25)10-16/h4-11,27H,12-13H2,1-3H3,(H2,26,30). The van der Waals surface area contributed by atoms with Gasteiger partial charge in [-0.3, -0.25) is 9.59 Å². The highest BCUT2D eigenvalue weighted by Gasteiger charge is 2.34. The Morgan fingerprint density at radius 3 is 2.60 bits per heavy atom. The molecule has 3 aromatic rings. The third kappa shape index (κ3) is 3.61. The molecule has 30 heavy (non-hydrogen) atoms. The molecule has 2 aromatic carbocycles. The predicted octanol–water partition coefficient (Wildman–Crippen LogP) is 4.92. The Bertz CT molecular complexity index is 1180. The van der Waals surface area contributed by atoms with Gasteiger partial charge in [0.05, 0.1) is 11.3 Å². The first-order valence-corrected chi connectivity index (χ1v) is 9.86. The Morgan fingerprint density at radius 1 is 1.13 bits per heavy atom. The molecule has 0 aliphatic heterocycles. The summed E-state index contributed by atoms with van der Waals surface area (Å²) in [5.74, 6) is -0.814. The first-order chi connectivity index (χ1) is 14.1. The van der Waals surface area contributed by atoms with Crippen LogP contribution in [0.2, 0.25) is 0 Å². The van der Waals surface area contributed by atoms with Crippen LogP contribution in [0.4, 0.5) is 15.8 Å². The minimum absolute atomic E-state index is 0.123. The van der Waals surface area contributed by atoms with Crippen molar-refractivity contribution in [1.82, 2.24) is 4.57 Å². The van der Waals surface area contributed by atoms with E-state index in [0.29, 0.717) is 23.4 Å². The van der Waals surface area contributed by atoms with Gasteiger partial charge in [0.15, 0.2) is 5.78 Å². The zero-order valence-electron chi connectivity index (χ0n) is 17.3. The summed E-state index contributed by atoms with van der Waals surface area (Å²) in [4.78, 5) is 24.6. The number of carbonyl (C=O) groups is 2. The lowest BCUT2D eigenvalue weighted by Crippen LogP contribution is -2.27. The minimum atomic E-state index is -0.581. The lowest BCUT2D eigenvalue weighted by atomic mass is 9.76. The number of nitrogens with one attached hydrogen (secondary N) is 1. The van der Waals surface area contributed by atoms with E-state index in [1.165, 1.54) is 12.1 Å². The van der Waals surface area contributed by atoms with E-state index in [9.17, 15) is 14.0 Å². The number of hydrogen-bond acceptors (Lipinski definition) is 3. The molecule has 154 valence electrons. The summed E-state index contributed by atoms with van der Waals surface area (Å²) < 4.78 is 15.7. The van der Waals surface area contributed by atoms with Crippen molar-refractivity contribution in [3.05, 3.63) is 76.9 Å². The van der Waals surface area contributed by atoms with Crippen molar-refractivity contribution in [3.63, 3.8) is 0 Å². The zero-order valence-corrected chi connectivity index (χ0v) is 17.3. The Kier molecular flexibility index (Phi) is 4.73. The van der Waals surface area contributed by atoms with Crippen LogP contribution in [0, 0.1) is 18.2 Å². The van der Waals surface area contributed by atoms with Gasteiger partial charge in [0.1, 0.15) is 5.82 Å². The van der Waals surface area contributed by atoms with Crippen LogP contribution in [-0.4, -0.2) is 16.3 Å². The number of amides is 1. The maximum atomic E-state index is 13.6. The van der Waals surface area contributed by atoms with Crippen molar-refractivity contribution in [2.45, 2.75) is 33.6 Å². The maximum absolute atomic E-state index is 13.6. The maximum Gasteiger partial charge on any atom is 0.250 e. The molecule has 5 nitrogen and oxygen atoms in total. The number of benzene rings is 2. The summed E-state index contributed by atoms with van der Waals surface area (Å²) in [5.41, 5.74) is 10.2. The molecule has 0 saturated heterocycles. The molecule has 4 rings (SSSR count). The molecular weight excluding hydrogens is 381 g/mol. The van der Waals surface area contributed by atoms with Gasteiger partial charge in [-0.15, -0.1) is 0 Å². The molecule has 0 atom stereocenters. The molecule has 0 bridgehead atoms. The average Bonchev–Trinajstić information content (AvgIpc) is 2.96. The normalized spacial score (nSPS) is 15.0. The summed E-state index contributed by atoms with van der Waals surface area (Å²) in [6.45, 7) is 6.14. The van der Waals surface area contributed by atoms with Crippen LogP contribution in [0.1, 0.15) is 52.4 Å². The van der Waals surface area contributed by atoms with Crippen LogP contribution in [0.15, 0.2) is 48.5 Å². The number of nitrogens with two attached hydrogens (primary N) is 1. The van der Waals surface area contributed by atoms with Crippen molar-refractivity contribution < 1.29 is 14.0 Å². The van der Waals surface area contributed by atoms with Crippen LogP contribution in [-0.2, 0) is 6.42 Å². The largest absolute Gasteiger partial charge is 0.366 e. The second kappa shape index (κ2) is 7.13. The third-order valence-electron chi connectivity index (χ3n) is 5.50. The lowest BCUT2D eigenvalue weighted by Gasteiger charge is -2.30. The highest BCUT2D eigenvalue weighted by atomic mass is 19.1. The molecule has 1 heterocycles. The number of carbonyl (C=O) groups excluding carboxylic acids is 2. The van der Waals surface area contributed by atoms with Gasteiger partial charge in [-0.2, -0.15) is 0 Å². The molecular formula is C24H24FN3O2. The van der Waals surface area contributed by atoms with Crippen LogP contribution >= 0.6 is 0 Å². The molecule has 0 radical (unpaired) electrons. The molecule has 0 fully saturated rings. The summed E-state index contributed by atoms with van der Waals surface area (Å²) in [6.07, 6.45) is 1.29. The fourth-order valence-electron chi connectivity index (χ4n) is 4.22. The summed E-state index contributed by atoms with van der Waals surface area (Å²) in [7, 11) is 0. The summed E-state index contributed by atoms with van der Waals surface area (Å²) >= 11 is 0. The van der Waals surface area contributed by atoms with Crippen LogP contribution in [0.5, 0.6) is 0 Å². The Morgan fingerprint density at radius 2 is 1.90 bits per heavy atom. The van der Waals surface area contributed by atoms with E-state index in [0.717, 1.165) is 29.1 Å². The molecule has 1 amide bonds. The molecule has 6 heteroatoms. The highest BCUT2D eigenvalue weighted by molar-refractivity contribution is 6.00. The number of anilines is 2. The number of ketones is 1. The van der Waals surface area contributed by atoms with Gasteiger partial charge in [-0.1, -0.05) is 19.9 Å². The number of aryl methyl sites for hydroxylation is 1. The van der Waals surface area contributed by atoms with Crippen LogP contribution in [0.3, 0.4) is 0 Å². The van der Waals surface area contributed by atoms with Gasteiger partial charge in [-0.05, 0) is 61.2 Å². The first kappa shape index (κ1) is 19.9. The lowest BCUT2D eigenvalue weighted by molar-refractivity contribution is 0.0910. The monoisotopic (exact) mass is 405 g/mol. The first-order valence-electron chi connectivity index (χ1n) is 9.86. The smallest absolute Gasteiger partial charge is 0.250 e. The number of nitrogens with zero attached hydrogens (tertiary/aromatic N) is 1. The number of rotatable bonds is 4. The molecule has 0 saturated carbocycles. The minimum Gasteiger partial charge on any atom is -0.366 e. The van der Waals surface area contributed by atoms with E-state index in [-0.39, 0.29) is 17.0 Å². The van der Waals surface area contributed by atoms with Gasteiger partial charge in [-0.25, -0.2) is 4.39 Å². The van der Waals surface area contributed by atoms with E-state index < -0.39 is 5.91 Å². The van der Waals surface area contributed by atoms with Gasteiger partial charge in [0, 0.05) is 34.7 Å². The number of hydrogen-bond donors (Lipinski definition) is 2. The molecule has 1 aliphatic rings. The molecule has 3 N–H and O–H groups in total. The van der Waals surface area contributed by atoms with Gasteiger partial charge in [0.25, 0.3) is 5.91 Å². The fraction of sp³-hybridized carbons (Fsp3) is 0.250. The van der Waals surface area contributed by atoms with E-state index in [4.69, 9.17) is 5.73 Å². The second-order valence-electron chi connectivity index (χ2n) is 8.65. The van der Waals surface area contributed by atoms with E-state index in [2.05, 4.69) is 23.7 Å². The van der Waals surface area contributed by atoms with Gasteiger partial charge < -0.3 is 15.6 Å². The van der Waals surface area contributed by atoms with Gasteiger partial charge >= 0.3 is 0 Å². The van der Waals surface area contributed by atoms with Crippen molar-refractivity contribution >= 4 is 23.1 Å². The number of halogens is 1. The van der Waals surface area contributed by atoms with Crippen LogP contribution in [0.25, 0.3) is 5.69 Å². The highest BCUT2D eigenvalue weighted by Crippen LogP contribution is 2.38. The molecule has 0 spiro atoms. The average molecular weight is 405 g/mol. The van der Waals surface area contributed by atoms with Crippen molar-refractivity contribution in [2.24, 2.45) is 11.1 Å². The Hall–Kier alpha value is -3.41. The third-order valence-corrected chi connectivity index (χ3v) is 5.50. The van der Waals surface area contributed by atoms with Gasteiger partial charge in [0.2, 0.25) is 0 Å². The number of aromatic nitrogens is 1. The van der Waals surface area contributed by atoms with E-state index in [1.807, 2.05) is 25.1 Å². The number of Topliss-reactive ketones (excluding diaryl/α,β-unsaturated/α-hetero) is 1. The second-order valence-corrected chi connectivity index (χ2v) is 8.65. The number of primary amides is 1. The van der Waals surface area contributed by atoms with Crippen molar-refractivity contribution in [3.8, 4) is 5.69 Å². The molecule has 1 aromatic heterocycles. The van der Waals surface area contributed by atoms with E-state index in [1.54, 1.807) is 18.2 Å². The molecule has 0 unspecified atom stereocenters. The SMILES string of the molecule is Cc1cc2c(n1-c1ccc(C(N)=O)c(Nc3cccc(F)c3)c1)CC(C)(C)CC2=O. The summed E-state index contributed by atoms with van der Waals surface area (Å²) in [5, 5.41) is 3.10. The molecule has 1 aliphatic carbocycles. The van der Waals surface area contributed by atoms with Crippen molar-refractivity contribution in [2.75, 3.05) is 5.32 Å². The zero-order chi connectivity index (χ0) is 21.6. The predicted molar refractivity (Wildman–Crippen MR) is 115 cm³/mol. The summed E-state index contributed by atoms with van der Waals surface area (Å²) in [6, 6.07) is 13.2. The Labute approximate surface area is 174 Å². The van der Waals surface area contributed by atoms with Crippen LogP contribution < -0.4 is 11.1 Å². The Balaban J connectivity index is 1.84. The topological polar surface area (TPSA) is 77.1 Å².